The van der Waals surface area contributed by atoms with Crippen LogP contribution in [-0.4, -0.2) is 20.1 Å². The molecular formula is C21H17NO3. The summed E-state index contributed by atoms with van der Waals surface area (Å²) in [7, 11) is 1.63. The van der Waals surface area contributed by atoms with E-state index < -0.39 is 0 Å². The maximum Gasteiger partial charge on any atom is 0.231 e. The zero-order valence-corrected chi connectivity index (χ0v) is 13.8. The highest BCUT2D eigenvalue weighted by Gasteiger charge is 2.16. The first-order valence-electron chi connectivity index (χ1n) is 8.01. The second-order valence-corrected chi connectivity index (χ2v) is 5.62. The predicted octanol–water partition coefficient (Wildman–Crippen LogP) is 4.84. The Kier molecular flexibility index (Phi) is 4.09. The van der Waals surface area contributed by atoms with Crippen molar-refractivity contribution in [3.63, 3.8) is 0 Å². The van der Waals surface area contributed by atoms with Crippen molar-refractivity contribution < 1.29 is 14.2 Å². The third-order valence-corrected chi connectivity index (χ3v) is 4.05. The number of rotatable bonds is 4. The molecule has 124 valence electrons. The van der Waals surface area contributed by atoms with Gasteiger partial charge in [0.05, 0.1) is 12.8 Å². The number of methoxy groups -OCH3 is 1. The summed E-state index contributed by atoms with van der Waals surface area (Å²) in [5.74, 6) is 2.11. The Morgan fingerprint density at radius 3 is 2.28 bits per heavy atom. The van der Waals surface area contributed by atoms with Crippen LogP contribution in [0.15, 0.2) is 71.7 Å². The van der Waals surface area contributed by atoms with E-state index in [4.69, 9.17) is 14.2 Å². The maximum absolute atomic E-state index is 5.42. The lowest BCUT2D eigenvalue weighted by atomic mass is 10.1. The van der Waals surface area contributed by atoms with Gasteiger partial charge in [0.2, 0.25) is 6.79 Å². The topological polar surface area (TPSA) is 40.0 Å². The molecule has 0 unspecified atom stereocenters. The summed E-state index contributed by atoms with van der Waals surface area (Å²) in [5, 5.41) is 0. The lowest BCUT2D eigenvalue weighted by molar-refractivity contribution is 0.174. The fraction of sp³-hybridized carbons (Fsp3) is 0.0952. The van der Waals surface area contributed by atoms with Crippen LogP contribution < -0.4 is 14.2 Å². The van der Waals surface area contributed by atoms with Gasteiger partial charge in [-0.05, 0) is 29.3 Å². The van der Waals surface area contributed by atoms with Gasteiger partial charge in [0.25, 0.3) is 0 Å². The SMILES string of the molecule is COc1cc2c(cc1C=Nc1ccc(-c3ccccc3)cc1)OCO2. The third-order valence-electron chi connectivity index (χ3n) is 4.05. The highest BCUT2D eigenvalue weighted by molar-refractivity contribution is 5.87. The normalized spacial score (nSPS) is 12.5. The minimum Gasteiger partial charge on any atom is -0.496 e. The molecule has 0 saturated heterocycles. The molecule has 0 atom stereocenters. The summed E-state index contributed by atoms with van der Waals surface area (Å²) < 4.78 is 16.2. The smallest absolute Gasteiger partial charge is 0.231 e. The second-order valence-electron chi connectivity index (χ2n) is 5.62. The molecule has 0 aliphatic carbocycles. The van der Waals surface area contributed by atoms with E-state index in [1.807, 2.05) is 42.5 Å². The molecule has 3 aromatic rings. The second kappa shape index (κ2) is 6.69. The number of nitrogens with zero attached hydrogens (tertiary/aromatic N) is 1. The number of hydrogen-bond donors (Lipinski definition) is 0. The molecule has 0 spiro atoms. The average molecular weight is 331 g/mol. The van der Waals surface area contributed by atoms with Gasteiger partial charge in [-0.3, -0.25) is 4.99 Å². The van der Waals surface area contributed by atoms with E-state index in [1.165, 1.54) is 11.1 Å². The summed E-state index contributed by atoms with van der Waals surface area (Å²) in [6, 6.07) is 22.1. The summed E-state index contributed by atoms with van der Waals surface area (Å²) >= 11 is 0. The molecule has 0 bridgehead atoms. The van der Waals surface area contributed by atoms with Crippen LogP contribution in [0.25, 0.3) is 11.1 Å². The van der Waals surface area contributed by atoms with Gasteiger partial charge < -0.3 is 14.2 Å². The lowest BCUT2D eigenvalue weighted by Gasteiger charge is -2.06. The van der Waals surface area contributed by atoms with Crippen LogP contribution in [0.4, 0.5) is 5.69 Å². The van der Waals surface area contributed by atoms with Crippen LogP contribution in [0.2, 0.25) is 0 Å². The molecule has 25 heavy (non-hydrogen) atoms. The summed E-state index contributed by atoms with van der Waals surface area (Å²) in [4.78, 5) is 4.54. The van der Waals surface area contributed by atoms with Gasteiger partial charge in [-0.1, -0.05) is 42.5 Å². The van der Waals surface area contributed by atoms with Crippen molar-refractivity contribution in [3.8, 4) is 28.4 Å². The van der Waals surface area contributed by atoms with Crippen molar-refractivity contribution in [3.05, 3.63) is 72.3 Å². The molecule has 0 N–H and O–H groups in total. The van der Waals surface area contributed by atoms with Gasteiger partial charge in [-0.15, -0.1) is 0 Å². The Balaban J connectivity index is 1.58. The Morgan fingerprint density at radius 2 is 1.56 bits per heavy atom. The van der Waals surface area contributed by atoms with Gasteiger partial charge in [0.1, 0.15) is 5.75 Å². The zero-order chi connectivity index (χ0) is 17.1. The first kappa shape index (κ1) is 15.3. The maximum atomic E-state index is 5.42. The number of ether oxygens (including phenoxy) is 3. The van der Waals surface area contributed by atoms with E-state index in [0.717, 1.165) is 11.3 Å². The minimum atomic E-state index is 0.236. The van der Waals surface area contributed by atoms with E-state index >= 15 is 0 Å². The van der Waals surface area contributed by atoms with Crippen LogP contribution in [0.1, 0.15) is 5.56 Å². The van der Waals surface area contributed by atoms with Crippen molar-refractivity contribution >= 4 is 11.9 Å². The van der Waals surface area contributed by atoms with Gasteiger partial charge in [0, 0.05) is 17.8 Å². The van der Waals surface area contributed by atoms with Crippen LogP contribution in [0, 0.1) is 0 Å². The molecule has 0 amide bonds. The molecular weight excluding hydrogens is 314 g/mol. The van der Waals surface area contributed by atoms with Crippen molar-refractivity contribution in [1.82, 2.24) is 0 Å². The largest absolute Gasteiger partial charge is 0.496 e. The molecule has 4 nitrogen and oxygen atoms in total. The average Bonchev–Trinajstić information content (AvgIpc) is 3.14. The number of benzene rings is 3. The summed E-state index contributed by atoms with van der Waals surface area (Å²) in [6.45, 7) is 0.236. The number of hydrogen-bond acceptors (Lipinski definition) is 4. The highest BCUT2D eigenvalue weighted by Crippen LogP contribution is 2.37. The molecule has 4 heteroatoms. The summed E-state index contributed by atoms with van der Waals surface area (Å²) in [5.41, 5.74) is 4.08. The van der Waals surface area contributed by atoms with Gasteiger partial charge in [-0.2, -0.15) is 0 Å². The zero-order valence-electron chi connectivity index (χ0n) is 13.8. The van der Waals surface area contributed by atoms with Gasteiger partial charge in [0.15, 0.2) is 11.5 Å². The molecule has 4 rings (SSSR count). The minimum absolute atomic E-state index is 0.236. The lowest BCUT2D eigenvalue weighted by Crippen LogP contribution is -1.92. The third kappa shape index (κ3) is 3.19. The van der Waals surface area contributed by atoms with Gasteiger partial charge >= 0.3 is 0 Å². The molecule has 3 aromatic carbocycles. The molecule has 0 saturated carbocycles. The fourth-order valence-electron chi connectivity index (χ4n) is 2.73. The van der Waals surface area contributed by atoms with Crippen molar-refractivity contribution in [1.29, 1.82) is 0 Å². The van der Waals surface area contributed by atoms with Crippen LogP contribution in [0.5, 0.6) is 17.2 Å². The quantitative estimate of drug-likeness (QED) is 0.642. The number of fused-ring (bicyclic) bond motifs is 1. The molecule has 1 aliphatic heterocycles. The fourth-order valence-corrected chi connectivity index (χ4v) is 2.73. The first-order valence-corrected chi connectivity index (χ1v) is 8.01. The van der Waals surface area contributed by atoms with E-state index in [9.17, 15) is 0 Å². The molecule has 0 fully saturated rings. The molecule has 1 aliphatic rings. The Morgan fingerprint density at radius 1 is 0.880 bits per heavy atom. The van der Waals surface area contributed by atoms with E-state index in [0.29, 0.717) is 17.2 Å². The van der Waals surface area contributed by atoms with Crippen molar-refractivity contribution in [2.24, 2.45) is 4.99 Å². The van der Waals surface area contributed by atoms with E-state index in [2.05, 4.69) is 29.3 Å². The first-order chi connectivity index (χ1) is 12.3. The van der Waals surface area contributed by atoms with Crippen LogP contribution >= 0.6 is 0 Å². The monoisotopic (exact) mass is 331 g/mol. The van der Waals surface area contributed by atoms with Crippen molar-refractivity contribution in [2.75, 3.05) is 13.9 Å². The Labute approximate surface area is 146 Å². The highest BCUT2D eigenvalue weighted by atomic mass is 16.7. The standard InChI is InChI=1S/C21H17NO3/c1-23-19-12-21-20(24-14-25-21)11-17(19)13-22-18-9-7-16(8-10-18)15-5-3-2-4-6-15/h2-13H,14H2,1H3. The Hall–Kier alpha value is -3.27. The molecule has 0 aromatic heterocycles. The predicted molar refractivity (Wildman–Crippen MR) is 98.2 cm³/mol. The summed E-state index contributed by atoms with van der Waals surface area (Å²) in [6.07, 6.45) is 1.78. The van der Waals surface area contributed by atoms with E-state index in [-0.39, 0.29) is 6.79 Å². The Bertz CT molecular complexity index is 902. The van der Waals surface area contributed by atoms with E-state index in [1.54, 1.807) is 13.3 Å². The van der Waals surface area contributed by atoms with Crippen molar-refractivity contribution in [2.45, 2.75) is 0 Å². The number of aliphatic imine (C=N–C) groups is 1. The molecule has 1 heterocycles. The van der Waals surface area contributed by atoms with Crippen LogP contribution in [0.3, 0.4) is 0 Å². The van der Waals surface area contributed by atoms with Gasteiger partial charge in [-0.25, -0.2) is 0 Å². The molecule has 0 radical (unpaired) electrons. The van der Waals surface area contributed by atoms with Crippen LogP contribution in [-0.2, 0) is 0 Å².